The van der Waals surface area contributed by atoms with Crippen LogP contribution in [0.5, 0.6) is 0 Å². The number of alkyl halides is 2. The van der Waals surface area contributed by atoms with Gasteiger partial charge in [0.05, 0.1) is 18.8 Å². The van der Waals surface area contributed by atoms with Gasteiger partial charge in [-0.1, -0.05) is 12.8 Å². The quantitative estimate of drug-likeness (QED) is 0.694. The number of hydrogen-bond donors (Lipinski definition) is 2. The number of carbonyl (C=O) groups is 1. The highest BCUT2D eigenvalue weighted by atomic mass is 19.3. The Morgan fingerprint density at radius 3 is 2.76 bits per heavy atom. The first-order chi connectivity index (χ1) is 8.09. The number of nitrogens with one attached hydrogen (secondary N) is 1. The zero-order valence-corrected chi connectivity index (χ0v) is 9.70. The molecule has 0 spiro atoms. The van der Waals surface area contributed by atoms with Crippen LogP contribution in [0.3, 0.4) is 0 Å². The highest BCUT2D eigenvalue weighted by Gasteiger charge is 2.24. The van der Waals surface area contributed by atoms with Crippen LogP contribution < -0.4 is 5.32 Å². The monoisotopic (exact) mass is 251 g/mol. The zero-order chi connectivity index (χ0) is 12.7. The van der Waals surface area contributed by atoms with Crippen molar-refractivity contribution in [2.24, 2.45) is 0 Å². The molecular weight excluding hydrogens is 232 g/mol. The average Bonchev–Trinajstić information content (AvgIpc) is 2.27. The lowest BCUT2D eigenvalue weighted by atomic mass is 9.92. The summed E-state index contributed by atoms with van der Waals surface area (Å²) >= 11 is 0. The molecule has 0 saturated heterocycles. The molecule has 6 heteroatoms. The summed E-state index contributed by atoms with van der Waals surface area (Å²) in [6.07, 6.45) is 0.496. The first kappa shape index (κ1) is 14.3. The molecule has 0 radical (unpaired) electrons. The van der Waals surface area contributed by atoms with Crippen molar-refractivity contribution in [1.29, 1.82) is 0 Å². The summed E-state index contributed by atoms with van der Waals surface area (Å²) < 4.78 is 28.1. The zero-order valence-electron chi connectivity index (χ0n) is 9.70. The third-order valence-electron chi connectivity index (χ3n) is 2.79. The summed E-state index contributed by atoms with van der Waals surface area (Å²) in [7, 11) is 0. The van der Waals surface area contributed by atoms with Crippen LogP contribution >= 0.6 is 0 Å². The van der Waals surface area contributed by atoms with Gasteiger partial charge in [-0.15, -0.1) is 0 Å². The number of carbonyl (C=O) groups excluding carboxylic acids is 1. The van der Waals surface area contributed by atoms with E-state index in [1.807, 2.05) is 0 Å². The van der Waals surface area contributed by atoms with Gasteiger partial charge in [0, 0.05) is 6.42 Å². The van der Waals surface area contributed by atoms with E-state index in [1.54, 1.807) is 0 Å². The lowest BCUT2D eigenvalue weighted by Crippen LogP contribution is -2.45. The van der Waals surface area contributed by atoms with Gasteiger partial charge in [0.15, 0.2) is 0 Å². The number of halogens is 2. The summed E-state index contributed by atoms with van der Waals surface area (Å²) in [4.78, 5) is 11.4. The highest BCUT2D eigenvalue weighted by molar-refractivity contribution is 5.76. The molecule has 0 aromatic heterocycles. The Balaban J connectivity index is 2.11. The minimum absolute atomic E-state index is 0.0149. The molecule has 1 amide bonds. The van der Waals surface area contributed by atoms with E-state index in [9.17, 15) is 18.7 Å². The maximum Gasteiger partial charge on any atom is 0.261 e. The largest absolute Gasteiger partial charge is 0.391 e. The molecular formula is C11H19F2NO3. The lowest BCUT2D eigenvalue weighted by molar-refractivity contribution is -0.124. The van der Waals surface area contributed by atoms with Crippen molar-refractivity contribution >= 4 is 5.91 Å². The van der Waals surface area contributed by atoms with Crippen LogP contribution in [0.15, 0.2) is 0 Å². The molecule has 1 fully saturated rings. The summed E-state index contributed by atoms with van der Waals surface area (Å²) in [5.41, 5.74) is 0. The van der Waals surface area contributed by atoms with Crippen LogP contribution in [-0.4, -0.2) is 42.8 Å². The standard InChI is InChI=1S/C11H19F2NO3/c12-10(13)7-17-6-5-11(16)14-8-3-1-2-4-9(8)15/h8-10,15H,1-7H2,(H,14,16)/t8-,9-/m1/s1. The van der Waals surface area contributed by atoms with Gasteiger partial charge in [-0.05, 0) is 12.8 Å². The van der Waals surface area contributed by atoms with Gasteiger partial charge in [-0.25, -0.2) is 8.78 Å². The molecule has 1 aliphatic carbocycles. The molecule has 0 heterocycles. The van der Waals surface area contributed by atoms with Gasteiger partial charge in [0.2, 0.25) is 5.91 Å². The fraction of sp³-hybridized carbons (Fsp3) is 0.909. The minimum Gasteiger partial charge on any atom is -0.391 e. The second-order valence-corrected chi connectivity index (χ2v) is 4.24. The average molecular weight is 251 g/mol. The van der Waals surface area contributed by atoms with E-state index in [-0.39, 0.29) is 25.0 Å². The van der Waals surface area contributed by atoms with E-state index in [4.69, 9.17) is 0 Å². The topological polar surface area (TPSA) is 58.6 Å². The molecule has 2 atom stereocenters. The Kier molecular flexibility index (Phi) is 6.36. The second kappa shape index (κ2) is 7.55. The maximum absolute atomic E-state index is 11.7. The second-order valence-electron chi connectivity index (χ2n) is 4.24. The fourth-order valence-electron chi connectivity index (χ4n) is 1.90. The van der Waals surface area contributed by atoms with Crippen molar-refractivity contribution in [3.05, 3.63) is 0 Å². The Morgan fingerprint density at radius 1 is 1.41 bits per heavy atom. The van der Waals surface area contributed by atoms with Gasteiger partial charge in [0.1, 0.15) is 6.61 Å². The van der Waals surface area contributed by atoms with E-state index in [0.29, 0.717) is 6.42 Å². The molecule has 0 aromatic rings. The molecule has 1 saturated carbocycles. The van der Waals surface area contributed by atoms with Gasteiger partial charge in [-0.2, -0.15) is 0 Å². The summed E-state index contributed by atoms with van der Waals surface area (Å²) in [5, 5.41) is 12.3. The predicted octanol–water partition coefficient (Wildman–Crippen LogP) is 1.08. The third-order valence-corrected chi connectivity index (χ3v) is 2.79. The van der Waals surface area contributed by atoms with E-state index < -0.39 is 19.1 Å². The van der Waals surface area contributed by atoms with Crippen molar-refractivity contribution in [3.8, 4) is 0 Å². The van der Waals surface area contributed by atoms with Crippen LogP contribution in [0.25, 0.3) is 0 Å². The molecule has 100 valence electrons. The van der Waals surface area contributed by atoms with Crippen molar-refractivity contribution in [1.82, 2.24) is 5.32 Å². The molecule has 1 aliphatic rings. The number of amides is 1. The van der Waals surface area contributed by atoms with Crippen molar-refractivity contribution < 1.29 is 23.4 Å². The number of hydrogen-bond acceptors (Lipinski definition) is 3. The van der Waals surface area contributed by atoms with E-state index in [2.05, 4.69) is 10.1 Å². The van der Waals surface area contributed by atoms with E-state index in [0.717, 1.165) is 19.3 Å². The SMILES string of the molecule is O=C(CCOCC(F)F)N[C@@H]1CCCC[C@H]1O. The summed E-state index contributed by atoms with van der Waals surface area (Å²) in [5.74, 6) is -0.259. The molecule has 0 aliphatic heterocycles. The maximum atomic E-state index is 11.7. The molecule has 4 nitrogen and oxygen atoms in total. The molecule has 2 N–H and O–H groups in total. The number of rotatable bonds is 6. The molecule has 1 rings (SSSR count). The third kappa shape index (κ3) is 5.93. The Morgan fingerprint density at radius 2 is 2.12 bits per heavy atom. The Labute approximate surface area is 99.3 Å². The molecule has 17 heavy (non-hydrogen) atoms. The van der Waals surface area contributed by atoms with Crippen LogP contribution in [0.2, 0.25) is 0 Å². The summed E-state index contributed by atoms with van der Waals surface area (Å²) in [6, 6.07) is -0.202. The fourth-order valence-corrected chi connectivity index (χ4v) is 1.90. The Bertz CT molecular complexity index is 239. The first-order valence-corrected chi connectivity index (χ1v) is 5.93. The minimum atomic E-state index is -2.50. The van der Waals surface area contributed by atoms with Crippen molar-refractivity contribution in [2.75, 3.05) is 13.2 Å². The van der Waals surface area contributed by atoms with E-state index >= 15 is 0 Å². The van der Waals surface area contributed by atoms with Gasteiger partial charge < -0.3 is 15.2 Å². The number of ether oxygens (including phenoxy) is 1. The van der Waals surface area contributed by atoms with Gasteiger partial charge in [0.25, 0.3) is 6.43 Å². The van der Waals surface area contributed by atoms with Gasteiger partial charge in [-0.3, -0.25) is 4.79 Å². The van der Waals surface area contributed by atoms with Crippen LogP contribution in [0.4, 0.5) is 8.78 Å². The van der Waals surface area contributed by atoms with Crippen LogP contribution in [-0.2, 0) is 9.53 Å². The summed E-state index contributed by atoms with van der Waals surface area (Å²) in [6.45, 7) is -0.654. The Hall–Kier alpha value is -0.750. The predicted molar refractivity (Wildman–Crippen MR) is 57.8 cm³/mol. The van der Waals surface area contributed by atoms with Gasteiger partial charge >= 0.3 is 0 Å². The molecule has 0 bridgehead atoms. The van der Waals surface area contributed by atoms with E-state index in [1.165, 1.54) is 0 Å². The molecule has 0 unspecified atom stereocenters. The van der Waals surface area contributed by atoms with Crippen molar-refractivity contribution in [2.45, 2.75) is 50.7 Å². The van der Waals surface area contributed by atoms with Crippen LogP contribution in [0.1, 0.15) is 32.1 Å². The van der Waals surface area contributed by atoms with Crippen LogP contribution in [0, 0.1) is 0 Å². The lowest BCUT2D eigenvalue weighted by Gasteiger charge is -2.28. The normalized spacial score (nSPS) is 24.9. The number of aliphatic hydroxyl groups is 1. The smallest absolute Gasteiger partial charge is 0.261 e. The highest BCUT2D eigenvalue weighted by Crippen LogP contribution is 2.18. The van der Waals surface area contributed by atoms with Crippen molar-refractivity contribution in [3.63, 3.8) is 0 Å². The molecule has 0 aromatic carbocycles. The first-order valence-electron chi connectivity index (χ1n) is 5.93. The number of aliphatic hydroxyl groups excluding tert-OH is 1.